The highest BCUT2D eigenvalue weighted by atomic mass is 16.6. The summed E-state index contributed by atoms with van der Waals surface area (Å²) in [6, 6.07) is 0. The Hall–Kier alpha value is -1.72. The lowest BCUT2D eigenvalue weighted by molar-refractivity contribution is -0.128. The molecule has 1 aromatic heterocycles. The average molecular weight is 187 g/mol. The molecule has 0 saturated carbocycles. The van der Waals surface area contributed by atoms with Gasteiger partial charge in [-0.1, -0.05) is 0 Å². The minimum absolute atomic E-state index is 0.431. The van der Waals surface area contributed by atoms with Crippen molar-refractivity contribution in [1.82, 2.24) is 9.71 Å². The molecule has 13 heavy (non-hydrogen) atoms. The zero-order chi connectivity index (χ0) is 10.1. The number of nitrogens with two attached hydrogens (primary N) is 1. The zero-order valence-electron chi connectivity index (χ0n) is 7.64. The van der Waals surface area contributed by atoms with E-state index in [1.54, 1.807) is 20.2 Å². The Morgan fingerprint density at radius 3 is 2.62 bits per heavy atom. The van der Waals surface area contributed by atoms with Crippen LogP contribution in [-0.4, -0.2) is 29.9 Å². The van der Waals surface area contributed by atoms with Crippen LogP contribution in [0.1, 0.15) is 6.92 Å². The summed E-state index contributed by atoms with van der Waals surface area (Å²) in [5.41, 5.74) is 5.24. The molecule has 0 aliphatic rings. The van der Waals surface area contributed by atoms with E-state index in [0.717, 1.165) is 0 Å². The van der Waals surface area contributed by atoms with Crippen molar-refractivity contribution in [2.75, 3.05) is 19.5 Å². The van der Waals surface area contributed by atoms with Crippen LogP contribution < -0.4 is 10.6 Å². The van der Waals surface area contributed by atoms with Crippen LogP contribution in [0.5, 0.6) is 0 Å². The fraction of sp³-hybridized carbons (Fsp3) is 0.429. The zero-order valence-corrected chi connectivity index (χ0v) is 7.64. The smallest absolute Gasteiger partial charge is 0.293 e. The van der Waals surface area contributed by atoms with E-state index in [0.29, 0.717) is 18.9 Å². The summed E-state index contributed by atoms with van der Waals surface area (Å²) in [7, 11) is 1.54. The third-order valence-electron chi connectivity index (χ3n) is 1.03. The fourth-order valence-corrected chi connectivity index (χ4v) is 0.488. The molecule has 0 atom stereocenters. The highest BCUT2D eigenvalue weighted by Crippen LogP contribution is 1.91. The maximum Gasteiger partial charge on any atom is 0.293 e. The number of aromatic nitrogens is 2. The average Bonchev–Trinajstić information content (AvgIpc) is 2.54. The largest absolute Gasteiger partial charge is 0.468 e. The van der Waals surface area contributed by atoms with Gasteiger partial charge in [-0.2, -0.15) is 4.73 Å². The molecule has 0 unspecified atom stereocenters. The number of rotatable bonds is 3. The summed E-state index contributed by atoms with van der Waals surface area (Å²) in [6.45, 7) is 2.66. The van der Waals surface area contributed by atoms with Gasteiger partial charge in [0.2, 0.25) is 0 Å². The second kappa shape index (κ2) is 6.96. The summed E-state index contributed by atoms with van der Waals surface area (Å²) in [5, 5.41) is 0. The van der Waals surface area contributed by atoms with Gasteiger partial charge in [-0.05, 0) is 6.92 Å². The Labute approximate surface area is 76.2 Å². The van der Waals surface area contributed by atoms with Gasteiger partial charge in [-0.3, -0.25) is 4.79 Å². The van der Waals surface area contributed by atoms with Crippen molar-refractivity contribution in [1.29, 1.82) is 0 Å². The summed E-state index contributed by atoms with van der Waals surface area (Å²) in [5.74, 6) is 0.465. The summed E-state index contributed by atoms with van der Waals surface area (Å²) in [4.78, 5) is 17.6. The number of hydrogen-bond acceptors (Lipinski definition) is 5. The third kappa shape index (κ3) is 5.54. The number of carbonyl (C=O) groups excluding carboxylic acids is 1. The molecule has 1 rings (SSSR count). The molecule has 0 saturated heterocycles. The number of ether oxygens (including phenoxy) is 1. The van der Waals surface area contributed by atoms with Crippen molar-refractivity contribution in [3.05, 3.63) is 12.5 Å². The Bertz CT molecular complexity index is 237. The predicted molar refractivity (Wildman–Crippen MR) is 46.8 cm³/mol. The second-order valence-electron chi connectivity index (χ2n) is 1.89. The van der Waals surface area contributed by atoms with Crippen molar-refractivity contribution >= 4 is 12.3 Å². The molecule has 0 spiro atoms. The monoisotopic (exact) mass is 187 g/mol. The highest BCUT2D eigenvalue weighted by Gasteiger charge is 1.87. The van der Waals surface area contributed by atoms with E-state index in [9.17, 15) is 4.79 Å². The Kier molecular flexibility index (Phi) is 6.04. The van der Waals surface area contributed by atoms with Gasteiger partial charge in [-0.15, -0.1) is 0 Å². The number of hydrogen-bond donors (Lipinski definition) is 1. The molecule has 0 fully saturated rings. The second-order valence-corrected chi connectivity index (χ2v) is 1.89. The molecule has 0 aromatic carbocycles. The SMILES string of the molecule is CCOC=O.COn1cnc(N)c1. The van der Waals surface area contributed by atoms with Crippen molar-refractivity contribution in [2.24, 2.45) is 0 Å². The first kappa shape index (κ1) is 11.3. The minimum atomic E-state index is 0.431. The van der Waals surface area contributed by atoms with Crippen molar-refractivity contribution in [2.45, 2.75) is 6.92 Å². The Morgan fingerprint density at radius 2 is 2.46 bits per heavy atom. The number of imidazole rings is 1. The van der Waals surface area contributed by atoms with Crippen molar-refractivity contribution in [3.63, 3.8) is 0 Å². The molecule has 0 radical (unpaired) electrons. The number of nitrogens with zero attached hydrogens (tertiary/aromatic N) is 2. The summed E-state index contributed by atoms with van der Waals surface area (Å²) >= 11 is 0. The molecule has 0 aliphatic heterocycles. The lowest BCUT2D eigenvalue weighted by Crippen LogP contribution is -2.00. The molecule has 0 amide bonds. The lowest BCUT2D eigenvalue weighted by atomic mass is 10.8. The molecule has 74 valence electrons. The normalized spacial score (nSPS) is 8.15. The van der Waals surface area contributed by atoms with Crippen molar-refractivity contribution < 1.29 is 14.4 Å². The van der Waals surface area contributed by atoms with E-state index in [2.05, 4.69) is 9.72 Å². The third-order valence-corrected chi connectivity index (χ3v) is 1.03. The van der Waals surface area contributed by atoms with E-state index in [4.69, 9.17) is 10.6 Å². The first-order valence-electron chi connectivity index (χ1n) is 3.63. The molecule has 1 aromatic rings. The number of nitrogen functional groups attached to an aromatic ring is 1. The minimum Gasteiger partial charge on any atom is -0.468 e. The van der Waals surface area contributed by atoms with Crippen LogP contribution in [0.25, 0.3) is 0 Å². The van der Waals surface area contributed by atoms with Crippen LogP contribution in [0.15, 0.2) is 12.5 Å². The first-order chi connectivity index (χ1) is 6.24. The molecule has 0 aliphatic carbocycles. The summed E-state index contributed by atoms with van der Waals surface area (Å²) in [6.07, 6.45) is 3.08. The van der Waals surface area contributed by atoms with Gasteiger partial charge in [0.1, 0.15) is 19.3 Å². The summed E-state index contributed by atoms with van der Waals surface area (Å²) < 4.78 is 5.58. The van der Waals surface area contributed by atoms with Crippen LogP contribution >= 0.6 is 0 Å². The van der Waals surface area contributed by atoms with Crippen LogP contribution in [0.3, 0.4) is 0 Å². The first-order valence-corrected chi connectivity index (χ1v) is 3.63. The number of anilines is 1. The van der Waals surface area contributed by atoms with E-state index in [1.807, 2.05) is 0 Å². The van der Waals surface area contributed by atoms with Crippen LogP contribution in [0.4, 0.5) is 5.82 Å². The van der Waals surface area contributed by atoms with Crippen LogP contribution in [0.2, 0.25) is 0 Å². The van der Waals surface area contributed by atoms with E-state index < -0.39 is 0 Å². The van der Waals surface area contributed by atoms with Gasteiger partial charge in [0.15, 0.2) is 0 Å². The van der Waals surface area contributed by atoms with E-state index in [-0.39, 0.29) is 0 Å². The van der Waals surface area contributed by atoms with Gasteiger partial charge >= 0.3 is 0 Å². The fourth-order valence-electron chi connectivity index (χ4n) is 0.488. The molecule has 2 N–H and O–H groups in total. The quantitative estimate of drug-likeness (QED) is 0.657. The van der Waals surface area contributed by atoms with Crippen LogP contribution in [-0.2, 0) is 9.53 Å². The maximum atomic E-state index is 9.18. The van der Waals surface area contributed by atoms with Gasteiger partial charge in [-0.25, -0.2) is 4.98 Å². The van der Waals surface area contributed by atoms with Crippen molar-refractivity contribution in [3.8, 4) is 0 Å². The maximum absolute atomic E-state index is 9.18. The lowest BCUT2D eigenvalue weighted by Gasteiger charge is -1.92. The van der Waals surface area contributed by atoms with Crippen LogP contribution in [0, 0.1) is 0 Å². The standard InChI is InChI=1S/C4H7N3O.C3H6O2/c1-8-7-2-4(5)6-3-7;1-2-5-3-4/h2-3H,5H2,1H3;3H,2H2,1H3. The van der Waals surface area contributed by atoms with E-state index in [1.165, 1.54) is 11.1 Å². The van der Waals surface area contributed by atoms with Gasteiger partial charge in [0.05, 0.1) is 12.8 Å². The molecule has 0 bridgehead atoms. The van der Waals surface area contributed by atoms with Gasteiger partial charge < -0.3 is 15.3 Å². The highest BCUT2D eigenvalue weighted by molar-refractivity contribution is 5.36. The number of carbonyl (C=O) groups is 1. The molecular weight excluding hydrogens is 174 g/mol. The molecule has 6 heteroatoms. The Balaban J connectivity index is 0.000000252. The van der Waals surface area contributed by atoms with E-state index >= 15 is 0 Å². The molecular formula is C7H13N3O3. The topological polar surface area (TPSA) is 79.4 Å². The van der Waals surface area contributed by atoms with Gasteiger partial charge in [0.25, 0.3) is 6.47 Å². The Morgan fingerprint density at radius 1 is 1.77 bits per heavy atom. The predicted octanol–water partition coefficient (Wildman–Crippen LogP) is -0.297. The molecule has 6 nitrogen and oxygen atoms in total. The molecule has 1 heterocycles. The van der Waals surface area contributed by atoms with Gasteiger partial charge in [0, 0.05) is 0 Å².